The second-order valence-corrected chi connectivity index (χ2v) is 5.97. The smallest absolute Gasteiger partial charge is 0.231 e. The van der Waals surface area contributed by atoms with Gasteiger partial charge in [0.15, 0.2) is 17.3 Å². The average molecular weight is 340 g/mol. The number of carbonyl (C=O) groups excluding carboxylic acids is 1. The summed E-state index contributed by atoms with van der Waals surface area (Å²) < 4.78 is 16.1. The van der Waals surface area contributed by atoms with E-state index in [2.05, 4.69) is 4.98 Å². The monoisotopic (exact) mass is 339 g/mol. The summed E-state index contributed by atoms with van der Waals surface area (Å²) in [6.07, 6.45) is 0. The fourth-order valence-corrected chi connectivity index (χ4v) is 3.57. The van der Waals surface area contributed by atoms with E-state index in [1.54, 1.807) is 19.2 Å². The summed E-state index contributed by atoms with van der Waals surface area (Å²) in [6, 6.07) is 9.08. The number of ketones is 1. The quantitative estimate of drug-likeness (QED) is 0.493. The summed E-state index contributed by atoms with van der Waals surface area (Å²) >= 11 is 6.32. The highest BCUT2D eigenvalue weighted by molar-refractivity contribution is 6.38. The Hall–Kier alpha value is -2.79. The molecule has 5 nitrogen and oxygen atoms in total. The average Bonchev–Trinajstić information content (AvgIpc) is 3.16. The van der Waals surface area contributed by atoms with Gasteiger partial charge in [-0.15, -0.1) is 0 Å². The highest BCUT2D eigenvalue weighted by Gasteiger charge is 2.34. The Morgan fingerprint density at radius 3 is 2.58 bits per heavy atom. The number of hydrogen-bond acceptors (Lipinski definition) is 5. The van der Waals surface area contributed by atoms with Gasteiger partial charge in [-0.05, 0) is 29.8 Å². The molecule has 0 spiro atoms. The number of hydrogen-bond donors (Lipinski definition) is 0. The number of pyridine rings is 1. The van der Waals surface area contributed by atoms with E-state index in [4.69, 9.17) is 25.8 Å². The lowest BCUT2D eigenvalue weighted by atomic mass is 10.0. The van der Waals surface area contributed by atoms with Crippen LogP contribution in [0.1, 0.15) is 15.9 Å². The molecule has 1 aliphatic carbocycles. The summed E-state index contributed by atoms with van der Waals surface area (Å²) in [7, 11) is 1.59. The molecular formula is C18H10ClNO4. The van der Waals surface area contributed by atoms with Gasteiger partial charge in [0.25, 0.3) is 0 Å². The Kier molecular flexibility index (Phi) is 2.62. The molecule has 1 aromatic heterocycles. The van der Waals surface area contributed by atoms with Crippen molar-refractivity contribution in [2.45, 2.75) is 0 Å². The molecule has 0 radical (unpaired) electrons. The predicted octanol–water partition coefficient (Wildman–Crippen LogP) is 3.84. The number of benzene rings is 2. The molecule has 3 aromatic rings. The van der Waals surface area contributed by atoms with Crippen molar-refractivity contribution in [3.63, 3.8) is 0 Å². The van der Waals surface area contributed by atoms with Gasteiger partial charge in [0.2, 0.25) is 6.79 Å². The molecule has 24 heavy (non-hydrogen) atoms. The second-order valence-electron chi connectivity index (χ2n) is 5.62. The van der Waals surface area contributed by atoms with E-state index < -0.39 is 0 Å². The molecule has 6 heteroatoms. The van der Waals surface area contributed by atoms with Crippen molar-refractivity contribution < 1.29 is 19.0 Å². The number of fused-ring (bicyclic) bond motifs is 6. The van der Waals surface area contributed by atoms with E-state index in [1.807, 2.05) is 18.2 Å². The van der Waals surface area contributed by atoms with Gasteiger partial charge in [-0.2, -0.15) is 0 Å². The molecule has 0 fully saturated rings. The Labute approximate surface area is 141 Å². The fourth-order valence-electron chi connectivity index (χ4n) is 3.30. The van der Waals surface area contributed by atoms with Crippen LogP contribution in [0, 0.1) is 0 Å². The third kappa shape index (κ3) is 1.65. The standard InChI is InChI=1S/C18H10ClNO4/c1-22-8-2-3-9-12(4-8)20-18(19)16-15(9)10-5-13-14(24-7-23-13)6-11(10)17(16)21/h2-6H,7H2,1H3. The topological polar surface area (TPSA) is 57.7 Å². The first kappa shape index (κ1) is 13.6. The summed E-state index contributed by atoms with van der Waals surface area (Å²) in [6.45, 7) is 0.161. The molecule has 118 valence electrons. The maximum absolute atomic E-state index is 12.8. The van der Waals surface area contributed by atoms with Gasteiger partial charge >= 0.3 is 0 Å². The van der Waals surface area contributed by atoms with Crippen LogP contribution in [0.25, 0.3) is 22.0 Å². The molecule has 0 atom stereocenters. The van der Waals surface area contributed by atoms with Crippen molar-refractivity contribution in [2.75, 3.05) is 13.9 Å². The van der Waals surface area contributed by atoms with Crippen molar-refractivity contribution in [1.29, 1.82) is 0 Å². The lowest BCUT2D eigenvalue weighted by Crippen LogP contribution is -1.98. The van der Waals surface area contributed by atoms with E-state index in [0.29, 0.717) is 33.9 Å². The van der Waals surface area contributed by atoms with Crippen LogP contribution in [0.4, 0.5) is 0 Å². The predicted molar refractivity (Wildman–Crippen MR) is 88.3 cm³/mol. The number of methoxy groups -OCH3 is 1. The van der Waals surface area contributed by atoms with Gasteiger partial charge in [-0.25, -0.2) is 4.98 Å². The Balaban J connectivity index is 1.89. The molecule has 1 aliphatic heterocycles. The molecule has 0 saturated carbocycles. The van der Waals surface area contributed by atoms with Crippen LogP contribution in [0.3, 0.4) is 0 Å². The van der Waals surface area contributed by atoms with E-state index in [0.717, 1.165) is 16.5 Å². The first-order chi connectivity index (χ1) is 11.7. The minimum Gasteiger partial charge on any atom is -0.497 e. The first-order valence-electron chi connectivity index (χ1n) is 7.33. The minimum absolute atomic E-state index is 0.145. The number of nitrogens with zero attached hydrogens (tertiary/aromatic N) is 1. The third-order valence-electron chi connectivity index (χ3n) is 4.40. The molecule has 0 bridgehead atoms. The summed E-state index contributed by atoms with van der Waals surface area (Å²) in [5, 5.41) is 1.04. The van der Waals surface area contributed by atoms with Crippen molar-refractivity contribution in [3.05, 3.63) is 46.6 Å². The number of ether oxygens (including phenoxy) is 3. The number of halogens is 1. The summed E-state index contributed by atoms with van der Waals surface area (Å²) in [4.78, 5) is 17.2. The van der Waals surface area contributed by atoms with Gasteiger partial charge in [0, 0.05) is 22.6 Å². The van der Waals surface area contributed by atoms with Crippen molar-refractivity contribution in [2.24, 2.45) is 0 Å². The summed E-state index contributed by atoms with van der Waals surface area (Å²) in [5.74, 6) is 1.74. The molecule has 0 amide bonds. The Morgan fingerprint density at radius 2 is 1.83 bits per heavy atom. The Bertz CT molecular complexity index is 1060. The normalized spacial score (nSPS) is 14.0. The van der Waals surface area contributed by atoms with Crippen LogP contribution in [-0.4, -0.2) is 24.7 Å². The van der Waals surface area contributed by atoms with Gasteiger partial charge < -0.3 is 14.2 Å². The second kappa shape index (κ2) is 4.61. The third-order valence-corrected chi connectivity index (χ3v) is 4.68. The van der Waals surface area contributed by atoms with Crippen molar-refractivity contribution >= 4 is 28.3 Å². The Morgan fingerprint density at radius 1 is 1.08 bits per heavy atom. The largest absolute Gasteiger partial charge is 0.497 e. The van der Waals surface area contributed by atoms with Gasteiger partial charge in [-0.1, -0.05) is 11.6 Å². The maximum Gasteiger partial charge on any atom is 0.231 e. The number of aromatic nitrogens is 1. The van der Waals surface area contributed by atoms with Crippen LogP contribution in [0.2, 0.25) is 5.15 Å². The van der Waals surface area contributed by atoms with Crippen LogP contribution in [-0.2, 0) is 0 Å². The van der Waals surface area contributed by atoms with Crippen LogP contribution >= 0.6 is 11.6 Å². The SMILES string of the molecule is COc1ccc2c3c(c(Cl)nc2c1)C(=O)c1cc2c(cc1-3)OCO2. The van der Waals surface area contributed by atoms with Crippen molar-refractivity contribution in [1.82, 2.24) is 4.98 Å². The van der Waals surface area contributed by atoms with E-state index in [-0.39, 0.29) is 17.7 Å². The van der Waals surface area contributed by atoms with Gasteiger partial charge in [0.1, 0.15) is 10.9 Å². The number of rotatable bonds is 1. The molecule has 2 aromatic carbocycles. The minimum atomic E-state index is -0.145. The molecule has 5 rings (SSSR count). The molecule has 0 unspecified atom stereocenters. The molecular weight excluding hydrogens is 330 g/mol. The van der Waals surface area contributed by atoms with Crippen LogP contribution < -0.4 is 14.2 Å². The van der Waals surface area contributed by atoms with Crippen LogP contribution in [0.5, 0.6) is 17.2 Å². The molecule has 2 aliphatic rings. The molecule has 0 N–H and O–H groups in total. The highest BCUT2D eigenvalue weighted by atomic mass is 35.5. The lowest BCUT2D eigenvalue weighted by molar-refractivity contribution is 0.104. The van der Waals surface area contributed by atoms with E-state index >= 15 is 0 Å². The van der Waals surface area contributed by atoms with E-state index in [1.165, 1.54) is 0 Å². The van der Waals surface area contributed by atoms with Gasteiger partial charge in [-0.3, -0.25) is 4.79 Å². The zero-order valence-electron chi connectivity index (χ0n) is 12.6. The van der Waals surface area contributed by atoms with Gasteiger partial charge in [0.05, 0.1) is 18.2 Å². The first-order valence-corrected chi connectivity index (χ1v) is 7.71. The van der Waals surface area contributed by atoms with Crippen molar-refractivity contribution in [3.8, 4) is 28.4 Å². The zero-order chi connectivity index (χ0) is 16.4. The fraction of sp³-hybridized carbons (Fsp3) is 0.111. The van der Waals surface area contributed by atoms with E-state index in [9.17, 15) is 4.79 Å². The zero-order valence-corrected chi connectivity index (χ0v) is 13.3. The lowest BCUT2D eigenvalue weighted by Gasteiger charge is -2.09. The summed E-state index contributed by atoms with van der Waals surface area (Å²) in [5.41, 5.74) is 3.23. The molecule has 0 saturated heterocycles. The number of carbonyl (C=O) groups is 1. The highest BCUT2D eigenvalue weighted by Crippen LogP contribution is 2.48. The maximum atomic E-state index is 12.8. The van der Waals surface area contributed by atoms with Crippen LogP contribution in [0.15, 0.2) is 30.3 Å². The molecule has 2 heterocycles.